The van der Waals surface area contributed by atoms with Crippen LogP contribution in [0.25, 0.3) is 0 Å². The van der Waals surface area contributed by atoms with Crippen LogP contribution in [0.4, 0.5) is 10.1 Å². The Morgan fingerprint density at radius 3 is 2.61 bits per heavy atom. The zero-order valence-electron chi connectivity index (χ0n) is 10.4. The van der Waals surface area contributed by atoms with E-state index in [9.17, 15) is 4.39 Å². The van der Waals surface area contributed by atoms with Gasteiger partial charge in [0.05, 0.1) is 17.6 Å². The van der Waals surface area contributed by atoms with Crippen molar-refractivity contribution in [2.75, 3.05) is 5.73 Å². The minimum atomic E-state index is -0.283. The van der Waals surface area contributed by atoms with Gasteiger partial charge in [-0.25, -0.2) is 4.39 Å². The molecule has 0 unspecified atom stereocenters. The van der Waals surface area contributed by atoms with Crippen molar-refractivity contribution >= 4 is 5.69 Å². The summed E-state index contributed by atoms with van der Waals surface area (Å²) < 4.78 is 20.1. The summed E-state index contributed by atoms with van der Waals surface area (Å²) in [5, 5.41) is 4.19. The fraction of sp³-hybridized carbons (Fsp3) is 0.308. The van der Waals surface area contributed by atoms with Crippen LogP contribution in [0.1, 0.15) is 25.6 Å². The average Bonchev–Trinajstić information content (AvgIpc) is 2.70. The summed E-state index contributed by atoms with van der Waals surface area (Å²) >= 11 is 0. The molecule has 2 aromatic rings. The van der Waals surface area contributed by atoms with E-state index in [1.165, 1.54) is 12.1 Å². The molecule has 0 spiro atoms. The first-order chi connectivity index (χ1) is 8.58. The van der Waals surface area contributed by atoms with Gasteiger partial charge in [0, 0.05) is 6.04 Å². The van der Waals surface area contributed by atoms with Gasteiger partial charge >= 0.3 is 0 Å². The highest BCUT2D eigenvalue weighted by atomic mass is 19.1. The van der Waals surface area contributed by atoms with Gasteiger partial charge in [-0.1, -0.05) is 0 Å². The molecule has 96 valence electrons. The number of nitrogens with zero attached hydrogens (tertiary/aromatic N) is 2. The lowest BCUT2D eigenvalue weighted by molar-refractivity contribution is 0.288. The minimum Gasteiger partial charge on any atom is -0.487 e. The number of benzene rings is 1. The summed E-state index contributed by atoms with van der Waals surface area (Å²) in [5.41, 5.74) is 7.27. The molecule has 2 rings (SSSR count). The van der Waals surface area contributed by atoms with Crippen molar-refractivity contribution in [3.63, 3.8) is 0 Å². The van der Waals surface area contributed by atoms with Gasteiger partial charge < -0.3 is 10.5 Å². The lowest BCUT2D eigenvalue weighted by atomic mass is 10.3. The monoisotopic (exact) mass is 249 g/mol. The Hall–Kier alpha value is -2.04. The van der Waals surface area contributed by atoms with Crippen molar-refractivity contribution < 1.29 is 9.13 Å². The normalized spacial score (nSPS) is 10.9. The largest absolute Gasteiger partial charge is 0.487 e. The Morgan fingerprint density at radius 1 is 1.33 bits per heavy atom. The SMILES string of the molecule is CC(C)n1ncc(N)c1COc1ccc(F)cc1. The van der Waals surface area contributed by atoms with E-state index >= 15 is 0 Å². The predicted octanol–water partition coefficient (Wildman–Crippen LogP) is 2.76. The maximum absolute atomic E-state index is 12.7. The van der Waals surface area contributed by atoms with Gasteiger partial charge in [0.25, 0.3) is 0 Å². The number of halogens is 1. The molecular weight excluding hydrogens is 233 g/mol. The van der Waals surface area contributed by atoms with Crippen LogP contribution in [0.15, 0.2) is 30.5 Å². The summed E-state index contributed by atoms with van der Waals surface area (Å²) in [7, 11) is 0. The van der Waals surface area contributed by atoms with Gasteiger partial charge in [0.15, 0.2) is 0 Å². The highest BCUT2D eigenvalue weighted by Crippen LogP contribution is 2.19. The van der Waals surface area contributed by atoms with Gasteiger partial charge in [-0.2, -0.15) is 5.10 Å². The Labute approximate surface area is 105 Å². The topological polar surface area (TPSA) is 53.1 Å². The van der Waals surface area contributed by atoms with Gasteiger partial charge in [-0.05, 0) is 38.1 Å². The molecule has 0 fully saturated rings. The van der Waals surface area contributed by atoms with E-state index in [1.807, 2.05) is 18.5 Å². The van der Waals surface area contributed by atoms with Crippen LogP contribution in [0.2, 0.25) is 0 Å². The first-order valence-electron chi connectivity index (χ1n) is 5.78. The number of nitrogens with two attached hydrogens (primary N) is 1. The zero-order chi connectivity index (χ0) is 13.1. The van der Waals surface area contributed by atoms with Crippen LogP contribution in [0, 0.1) is 5.82 Å². The highest BCUT2D eigenvalue weighted by Gasteiger charge is 2.11. The van der Waals surface area contributed by atoms with E-state index in [2.05, 4.69) is 5.10 Å². The lowest BCUT2D eigenvalue weighted by Gasteiger charge is -2.12. The lowest BCUT2D eigenvalue weighted by Crippen LogP contribution is -2.11. The van der Waals surface area contributed by atoms with Crippen molar-refractivity contribution in [2.45, 2.75) is 26.5 Å². The second-order valence-corrected chi connectivity index (χ2v) is 4.33. The van der Waals surface area contributed by atoms with Crippen LogP contribution in [-0.4, -0.2) is 9.78 Å². The highest BCUT2D eigenvalue weighted by molar-refractivity contribution is 5.41. The molecule has 0 saturated heterocycles. The molecule has 4 nitrogen and oxygen atoms in total. The quantitative estimate of drug-likeness (QED) is 0.906. The average molecular weight is 249 g/mol. The van der Waals surface area contributed by atoms with E-state index in [1.54, 1.807) is 18.3 Å². The van der Waals surface area contributed by atoms with Gasteiger partial charge in [0.2, 0.25) is 0 Å². The molecular formula is C13H16FN3O. The number of aromatic nitrogens is 2. The number of rotatable bonds is 4. The number of hydrogen-bond acceptors (Lipinski definition) is 3. The van der Waals surface area contributed by atoms with Crippen molar-refractivity contribution in [3.05, 3.63) is 42.0 Å². The first kappa shape index (κ1) is 12.4. The standard InChI is InChI=1S/C13H16FN3O/c1-9(2)17-13(12(15)7-16-17)8-18-11-5-3-10(14)4-6-11/h3-7,9H,8,15H2,1-2H3. The van der Waals surface area contributed by atoms with E-state index in [4.69, 9.17) is 10.5 Å². The number of nitrogen functional groups attached to an aromatic ring is 1. The third-order valence-electron chi connectivity index (χ3n) is 2.61. The summed E-state index contributed by atoms with van der Waals surface area (Å²) in [6.07, 6.45) is 1.61. The summed E-state index contributed by atoms with van der Waals surface area (Å²) in [5.74, 6) is 0.321. The van der Waals surface area contributed by atoms with Crippen molar-refractivity contribution in [1.29, 1.82) is 0 Å². The first-order valence-corrected chi connectivity index (χ1v) is 5.78. The molecule has 5 heteroatoms. The molecule has 0 saturated carbocycles. The molecule has 0 aliphatic heterocycles. The summed E-state index contributed by atoms with van der Waals surface area (Å²) in [6, 6.07) is 6.11. The predicted molar refractivity (Wildman–Crippen MR) is 67.8 cm³/mol. The molecule has 0 aliphatic rings. The van der Waals surface area contributed by atoms with Crippen molar-refractivity contribution in [1.82, 2.24) is 9.78 Å². The minimum absolute atomic E-state index is 0.217. The smallest absolute Gasteiger partial charge is 0.132 e. The number of anilines is 1. The fourth-order valence-electron chi connectivity index (χ4n) is 1.68. The van der Waals surface area contributed by atoms with Crippen molar-refractivity contribution in [2.24, 2.45) is 0 Å². The molecule has 1 aromatic carbocycles. The van der Waals surface area contributed by atoms with Crippen LogP contribution in [-0.2, 0) is 6.61 Å². The molecule has 0 bridgehead atoms. The third-order valence-corrected chi connectivity index (χ3v) is 2.61. The van der Waals surface area contributed by atoms with Crippen LogP contribution >= 0.6 is 0 Å². The molecule has 0 aliphatic carbocycles. The molecule has 0 radical (unpaired) electrons. The Bertz CT molecular complexity index is 520. The number of ether oxygens (including phenoxy) is 1. The van der Waals surface area contributed by atoms with E-state index < -0.39 is 0 Å². The Kier molecular flexibility index (Phi) is 3.50. The summed E-state index contributed by atoms with van der Waals surface area (Å²) in [6.45, 7) is 4.36. The molecule has 0 amide bonds. The van der Waals surface area contributed by atoms with Crippen molar-refractivity contribution in [3.8, 4) is 5.75 Å². The van der Waals surface area contributed by atoms with Crippen LogP contribution in [0.5, 0.6) is 5.75 Å². The third kappa shape index (κ3) is 2.61. The fourth-order valence-corrected chi connectivity index (χ4v) is 1.68. The second kappa shape index (κ2) is 5.08. The molecule has 1 heterocycles. The van der Waals surface area contributed by atoms with Gasteiger partial charge in [-0.3, -0.25) is 4.68 Å². The van der Waals surface area contributed by atoms with Gasteiger partial charge in [0.1, 0.15) is 18.2 Å². The molecule has 18 heavy (non-hydrogen) atoms. The molecule has 2 N–H and O–H groups in total. The molecule has 0 atom stereocenters. The molecule has 1 aromatic heterocycles. The Balaban J connectivity index is 2.10. The van der Waals surface area contributed by atoms with Gasteiger partial charge in [-0.15, -0.1) is 0 Å². The number of hydrogen-bond donors (Lipinski definition) is 1. The van der Waals surface area contributed by atoms with E-state index in [0.717, 1.165) is 5.69 Å². The van der Waals surface area contributed by atoms with Crippen LogP contribution < -0.4 is 10.5 Å². The maximum atomic E-state index is 12.7. The van der Waals surface area contributed by atoms with E-state index in [-0.39, 0.29) is 11.9 Å². The summed E-state index contributed by atoms with van der Waals surface area (Å²) in [4.78, 5) is 0. The Morgan fingerprint density at radius 2 is 2.00 bits per heavy atom. The van der Waals surface area contributed by atoms with Crippen LogP contribution in [0.3, 0.4) is 0 Å². The second-order valence-electron chi connectivity index (χ2n) is 4.33. The maximum Gasteiger partial charge on any atom is 0.132 e. The zero-order valence-corrected chi connectivity index (χ0v) is 10.4. The van der Waals surface area contributed by atoms with E-state index in [0.29, 0.717) is 18.0 Å².